The van der Waals surface area contributed by atoms with E-state index >= 15 is 0 Å². The Bertz CT molecular complexity index is 419. The van der Waals surface area contributed by atoms with Crippen LogP contribution >= 0.6 is 12.4 Å². The summed E-state index contributed by atoms with van der Waals surface area (Å²) in [5.74, 6) is 0.915. The lowest BCUT2D eigenvalue weighted by atomic mass is 10.0. The van der Waals surface area contributed by atoms with E-state index in [0.29, 0.717) is 19.2 Å². The fourth-order valence-corrected chi connectivity index (χ4v) is 2.96. The third-order valence-corrected chi connectivity index (χ3v) is 4.21. The van der Waals surface area contributed by atoms with Gasteiger partial charge in [0.1, 0.15) is 18.5 Å². The second-order valence-corrected chi connectivity index (χ2v) is 6.03. The number of ether oxygens (including phenoxy) is 1. The van der Waals surface area contributed by atoms with E-state index in [1.807, 2.05) is 32.0 Å². The third kappa shape index (κ3) is 5.17. The summed E-state index contributed by atoms with van der Waals surface area (Å²) < 4.78 is 5.83. The van der Waals surface area contributed by atoms with Gasteiger partial charge in [-0.25, -0.2) is 0 Å². The minimum atomic E-state index is -0.422. The van der Waals surface area contributed by atoms with Gasteiger partial charge in [0, 0.05) is 12.6 Å². The van der Waals surface area contributed by atoms with Crippen LogP contribution in [-0.4, -0.2) is 41.8 Å². The molecular formula is C17H28ClNO2. The van der Waals surface area contributed by atoms with Crippen molar-refractivity contribution < 1.29 is 9.84 Å². The predicted molar refractivity (Wildman–Crippen MR) is 89.6 cm³/mol. The number of aliphatic hydroxyl groups is 1. The largest absolute Gasteiger partial charge is 0.490 e. The maximum atomic E-state index is 10.2. The molecule has 1 heterocycles. The first kappa shape index (κ1) is 18.3. The quantitative estimate of drug-likeness (QED) is 0.905. The zero-order valence-electron chi connectivity index (χ0n) is 13.3. The second-order valence-electron chi connectivity index (χ2n) is 6.03. The highest BCUT2D eigenvalue weighted by Gasteiger charge is 2.21. The normalized spacial score (nSPS) is 20.7. The third-order valence-electron chi connectivity index (χ3n) is 4.21. The molecule has 1 saturated heterocycles. The lowest BCUT2D eigenvalue weighted by molar-refractivity contribution is 0.0434. The van der Waals surface area contributed by atoms with Crippen molar-refractivity contribution in [3.8, 4) is 5.75 Å². The number of nitrogens with zero attached hydrogens (tertiary/aromatic N) is 1. The molecular weight excluding hydrogens is 286 g/mol. The Balaban J connectivity index is 0.00000220. The van der Waals surface area contributed by atoms with Crippen LogP contribution in [0.1, 0.15) is 37.3 Å². The smallest absolute Gasteiger partial charge is 0.125 e. The van der Waals surface area contributed by atoms with Crippen molar-refractivity contribution in [2.45, 2.75) is 52.2 Å². The summed E-state index contributed by atoms with van der Waals surface area (Å²) in [4.78, 5) is 2.38. The molecule has 2 atom stereocenters. The van der Waals surface area contributed by atoms with Gasteiger partial charge < -0.3 is 9.84 Å². The first-order chi connectivity index (χ1) is 9.58. The fraction of sp³-hybridized carbons (Fsp3) is 0.647. The molecule has 21 heavy (non-hydrogen) atoms. The maximum Gasteiger partial charge on any atom is 0.125 e. The zero-order valence-corrected chi connectivity index (χ0v) is 14.2. The van der Waals surface area contributed by atoms with Crippen LogP contribution in [0.5, 0.6) is 5.75 Å². The number of para-hydroxylation sites is 1. The highest BCUT2D eigenvalue weighted by Crippen LogP contribution is 2.22. The van der Waals surface area contributed by atoms with Gasteiger partial charge in [0.05, 0.1) is 0 Å². The SMILES string of the molecule is Cc1cccc(C)c1OCC(O)CN1CCCCC1C.Cl. The lowest BCUT2D eigenvalue weighted by Gasteiger charge is -2.34. The Morgan fingerprint density at radius 3 is 2.57 bits per heavy atom. The van der Waals surface area contributed by atoms with Gasteiger partial charge in [-0.05, 0) is 51.3 Å². The summed E-state index contributed by atoms with van der Waals surface area (Å²) in [5.41, 5.74) is 2.26. The van der Waals surface area contributed by atoms with Crippen LogP contribution in [0.15, 0.2) is 18.2 Å². The van der Waals surface area contributed by atoms with Crippen LogP contribution < -0.4 is 4.74 Å². The molecule has 120 valence electrons. The Hall–Kier alpha value is -0.770. The van der Waals surface area contributed by atoms with Crippen molar-refractivity contribution in [1.82, 2.24) is 4.90 Å². The van der Waals surface area contributed by atoms with Gasteiger partial charge in [-0.3, -0.25) is 4.90 Å². The fourth-order valence-electron chi connectivity index (χ4n) is 2.96. The minimum Gasteiger partial charge on any atom is -0.490 e. The lowest BCUT2D eigenvalue weighted by Crippen LogP contribution is -2.43. The topological polar surface area (TPSA) is 32.7 Å². The van der Waals surface area contributed by atoms with Gasteiger partial charge in [-0.15, -0.1) is 12.4 Å². The molecule has 2 rings (SSSR count). The molecule has 0 spiro atoms. The number of hydrogen-bond donors (Lipinski definition) is 1. The number of piperidine rings is 1. The van der Waals surface area contributed by atoms with Crippen LogP contribution in [0.2, 0.25) is 0 Å². The number of halogens is 1. The maximum absolute atomic E-state index is 10.2. The average molecular weight is 314 g/mol. The number of hydrogen-bond acceptors (Lipinski definition) is 3. The summed E-state index contributed by atoms with van der Waals surface area (Å²) in [6.07, 6.45) is 3.38. The molecule has 1 N–H and O–H groups in total. The monoisotopic (exact) mass is 313 g/mol. The number of likely N-dealkylation sites (tertiary alicyclic amines) is 1. The molecule has 1 aliphatic heterocycles. The number of benzene rings is 1. The van der Waals surface area contributed by atoms with Gasteiger partial charge in [-0.1, -0.05) is 24.6 Å². The van der Waals surface area contributed by atoms with Crippen LogP contribution in [0.4, 0.5) is 0 Å². The standard InChI is InChI=1S/C17H27NO2.ClH/c1-13-7-6-8-14(2)17(13)20-12-16(19)11-18-10-5-4-9-15(18)3;/h6-8,15-16,19H,4-5,9-12H2,1-3H3;1H. The van der Waals surface area contributed by atoms with Gasteiger partial charge in [0.15, 0.2) is 0 Å². The summed E-state index contributed by atoms with van der Waals surface area (Å²) in [7, 11) is 0. The molecule has 0 amide bonds. The average Bonchev–Trinajstić information content (AvgIpc) is 2.41. The van der Waals surface area contributed by atoms with Crippen molar-refractivity contribution in [1.29, 1.82) is 0 Å². The molecule has 1 aromatic rings. The highest BCUT2D eigenvalue weighted by atomic mass is 35.5. The van der Waals surface area contributed by atoms with E-state index in [2.05, 4.69) is 11.8 Å². The van der Waals surface area contributed by atoms with Gasteiger partial charge >= 0.3 is 0 Å². The van der Waals surface area contributed by atoms with Crippen LogP contribution in [0.3, 0.4) is 0 Å². The van der Waals surface area contributed by atoms with E-state index in [9.17, 15) is 5.11 Å². The van der Waals surface area contributed by atoms with Crippen LogP contribution in [0, 0.1) is 13.8 Å². The Morgan fingerprint density at radius 1 is 1.29 bits per heavy atom. The predicted octanol–water partition coefficient (Wildman–Crippen LogP) is 3.34. The molecule has 1 fully saturated rings. The molecule has 0 radical (unpaired) electrons. The number of aryl methyl sites for hydroxylation is 2. The summed E-state index contributed by atoms with van der Waals surface area (Å²) in [6.45, 7) is 8.52. The summed E-state index contributed by atoms with van der Waals surface area (Å²) in [5, 5.41) is 10.2. The Kier molecular flexibility index (Phi) is 7.50. The molecule has 3 nitrogen and oxygen atoms in total. The number of aliphatic hydroxyl groups excluding tert-OH is 1. The van der Waals surface area contributed by atoms with Gasteiger partial charge in [-0.2, -0.15) is 0 Å². The van der Waals surface area contributed by atoms with E-state index in [1.165, 1.54) is 19.3 Å². The molecule has 4 heteroatoms. The van der Waals surface area contributed by atoms with E-state index < -0.39 is 6.10 Å². The van der Waals surface area contributed by atoms with E-state index in [1.54, 1.807) is 0 Å². The second kappa shape index (κ2) is 8.62. The van der Waals surface area contributed by atoms with E-state index in [-0.39, 0.29) is 12.4 Å². The number of β-amino-alcohol motifs (C(OH)–C–C–N with tert-alkyl or cyclic N) is 1. The van der Waals surface area contributed by atoms with Gasteiger partial charge in [0.25, 0.3) is 0 Å². The first-order valence-corrected chi connectivity index (χ1v) is 7.69. The molecule has 1 aromatic carbocycles. The van der Waals surface area contributed by atoms with Crippen molar-refractivity contribution in [3.63, 3.8) is 0 Å². The zero-order chi connectivity index (χ0) is 14.5. The molecule has 0 aromatic heterocycles. The Labute approximate surface area is 134 Å². The van der Waals surface area contributed by atoms with E-state index in [0.717, 1.165) is 23.4 Å². The Morgan fingerprint density at radius 2 is 1.95 bits per heavy atom. The molecule has 1 aliphatic rings. The summed E-state index contributed by atoms with van der Waals surface area (Å²) >= 11 is 0. The minimum absolute atomic E-state index is 0. The van der Waals surface area contributed by atoms with Crippen molar-refractivity contribution in [2.75, 3.05) is 19.7 Å². The van der Waals surface area contributed by atoms with Crippen molar-refractivity contribution in [2.24, 2.45) is 0 Å². The molecule has 0 aliphatic carbocycles. The van der Waals surface area contributed by atoms with E-state index in [4.69, 9.17) is 4.74 Å². The van der Waals surface area contributed by atoms with Gasteiger partial charge in [0.2, 0.25) is 0 Å². The summed E-state index contributed by atoms with van der Waals surface area (Å²) in [6, 6.07) is 6.70. The van der Waals surface area contributed by atoms with Crippen molar-refractivity contribution >= 4 is 12.4 Å². The number of rotatable bonds is 5. The molecule has 0 bridgehead atoms. The first-order valence-electron chi connectivity index (χ1n) is 7.69. The molecule has 2 unspecified atom stereocenters. The molecule has 0 saturated carbocycles. The highest BCUT2D eigenvalue weighted by molar-refractivity contribution is 5.85. The van der Waals surface area contributed by atoms with Crippen LogP contribution in [-0.2, 0) is 0 Å². The van der Waals surface area contributed by atoms with Crippen LogP contribution in [0.25, 0.3) is 0 Å². The van der Waals surface area contributed by atoms with Crippen molar-refractivity contribution in [3.05, 3.63) is 29.3 Å².